The van der Waals surface area contributed by atoms with E-state index in [0.717, 1.165) is 11.3 Å². The predicted molar refractivity (Wildman–Crippen MR) is 84.1 cm³/mol. The van der Waals surface area contributed by atoms with Crippen LogP contribution in [0.25, 0.3) is 0 Å². The molecule has 0 saturated carbocycles. The van der Waals surface area contributed by atoms with Gasteiger partial charge in [-0.3, -0.25) is 0 Å². The van der Waals surface area contributed by atoms with Crippen LogP contribution < -0.4 is 4.72 Å². The van der Waals surface area contributed by atoms with Crippen LogP contribution in [0.2, 0.25) is 0 Å². The number of sulfonamides is 1. The van der Waals surface area contributed by atoms with Gasteiger partial charge in [-0.05, 0) is 34.8 Å². The van der Waals surface area contributed by atoms with Gasteiger partial charge in [0.1, 0.15) is 9.77 Å². The number of ether oxygens (including phenoxy) is 1. The molecule has 0 atom stereocenters. The van der Waals surface area contributed by atoms with Crippen molar-refractivity contribution in [2.45, 2.75) is 37.2 Å². The third-order valence-corrected chi connectivity index (χ3v) is 6.87. The monoisotopic (exact) mass is 399 g/mol. The number of esters is 1. The molecule has 1 heterocycles. The van der Waals surface area contributed by atoms with Crippen molar-refractivity contribution in [3.63, 3.8) is 0 Å². The summed E-state index contributed by atoms with van der Waals surface area (Å²) in [5.41, 5.74) is -1.08. The molecule has 0 fully saturated rings. The van der Waals surface area contributed by atoms with Crippen LogP contribution in [0.5, 0.6) is 0 Å². The topological polar surface area (TPSA) is 92.7 Å². The van der Waals surface area contributed by atoms with Crippen LogP contribution >= 0.6 is 27.3 Å². The van der Waals surface area contributed by atoms with Gasteiger partial charge in [0.25, 0.3) is 0 Å². The highest BCUT2D eigenvalue weighted by molar-refractivity contribution is 9.11. The quantitative estimate of drug-likeness (QED) is 0.684. The zero-order valence-electron chi connectivity index (χ0n) is 12.0. The Kier molecular flexibility index (Phi) is 6.36. The molecule has 0 aromatic carbocycles. The van der Waals surface area contributed by atoms with Crippen LogP contribution in [0.3, 0.4) is 0 Å². The molecule has 0 spiro atoms. The average Bonchev–Trinajstić information content (AvgIpc) is 2.87. The van der Waals surface area contributed by atoms with Crippen LogP contribution in [0.15, 0.2) is 14.7 Å². The van der Waals surface area contributed by atoms with Gasteiger partial charge < -0.3 is 9.84 Å². The zero-order valence-corrected chi connectivity index (χ0v) is 15.2. The number of rotatable bonds is 7. The Bertz CT molecular complexity index is 607. The smallest absolute Gasteiger partial charge is 0.348 e. The Morgan fingerprint density at radius 2 is 2.05 bits per heavy atom. The summed E-state index contributed by atoms with van der Waals surface area (Å²) >= 11 is 4.11. The lowest BCUT2D eigenvalue weighted by molar-refractivity contribution is 0.0377. The van der Waals surface area contributed by atoms with Gasteiger partial charge in [-0.15, -0.1) is 11.3 Å². The van der Waals surface area contributed by atoms with E-state index in [1.54, 1.807) is 13.8 Å². The highest BCUT2D eigenvalue weighted by atomic mass is 79.9. The first-order chi connectivity index (χ1) is 9.69. The number of carbonyl (C=O) groups is 1. The van der Waals surface area contributed by atoms with Gasteiger partial charge >= 0.3 is 5.97 Å². The van der Waals surface area contributed by atoms with Crippen molar-refractivity contribution in [3.8, 4) is 0 Å². The van der Waals surface area contributed by atoms with E-state index in [9.17, 15) is 18.3 Å². The molecule has 0 bridgehead atoms. The Morgan fingerprint density at radius 3 is 2.52 bits per heavy atom. The number of methoxy groups -OCH3 is 1. The Morgan fingerprint density at radius 1 is 1.48 bits per heavy atom. The summed E-state index contributed by atoms with van der Waals surface area (Å²) in [7, 11) is -2.59. The van der Waals surface area contributed by atoms with Crippen molar-refractivity contribution in [1.82, 2.24) is 4.72 Å². The molecule has 21 heavy (non-hydrogen) atoms. The molecule has 0 aliphatic rings. The van der Waals surface area contributed by atoms with Crippen molar-refractivity contribution in [2.75, 3.05) is 13.7 Å². The molecule has 6 nitrogen and oxygen atoms in total. The first-order valence-electron chi connectivity index (χ1n) is 6.28. The van der Waals surface area contributed by atoms with Crippen molar-refractivity contribution < 1.29 is 23.1 Å². The molecular weight excluding hydrogens is 382 g/mol. The van der Waals surface area contributed by atoms with Gasteiger partial charge in [0, 0.05) is 6.54 Å². The van der Waals surface area contributed by atoms with Gasteiger partial charge in [-0.2, -0.15) is 0 Å². The van der Waals surface area contributed by atoms with Crippen LogP contribution in [-0.2, 0) is 14.8 Å². The van der Waals surface area contributed by atoms with Gasteiger partial charge in [0.2, 0.25) is 10.0 Å². The Labute approximate surface area is 136 Å². The minimum Gasteiger partial charge on any atom is -0.465 e. The predicted octanol–water partition coefficient (Wildman–Crippen LogP) is 2.13. The molecule has 1 aromatic heterocycles. The summed E-state index contributed by atoms with van der Waals surface area (Å²) in [4.78, 5) is 11.6. The van der Waals surface area contributed by atoms with Crippen molar-refractivity contribution >= 4 is 43.3 Å². The highest BCUT2D eigenvalue weighted by Gasteiger charge is 2.28. The second-order valence-electron chi connectivity index (χ2n) is 4.50. The van der Waals surface area contributed by atoms with E-state index in [-0.39, 0.29) is 16.3 Å². The summed E-state index contributed by atoms with van der Waals surface area (Å²) in [6.45, 7) is 3.49. The number of hydrogen-bond donors (Lipinski definition) is 2. The molecule has 0 aliphatic carbocycles. The van der Waals surface area contributed by atoms with E-state index in [1.807, 2.05) is 0 Å². The molecule has 120 valence electrons. The summed E-state index contributed by atoms with van der Waals surface area (Å²) in [5.74, 6) is -0.597. The maximum atomic E-state index is 12.3. The standard InChI is InChI=1S/C12H18BrNO5S2/c1-4-12(16,5-2)7-14-21(17,18)9-6-8(11(15)19-3)20-10(9)13/h6,14,16H,4-5,7H2,1-3H3. The Balaban J connectivity index is 2.99. The summed E-state index contributed by atoms with van der Waals surface area (Å²) in [6.07, 6.45) is 0.870. The number of halogens is 1. The number of aliphatic hydroxyl groups is 1. The number of hydrogen-bond acceptors (Lipinski definition) is 6. The van der Waals surface area contributed by atoms with Crippen molar-refractivity contribution in [3.05, 3.63) is 14.7 Å². The minimum atomic E-state index is -3.82. The fraction of sp³-hybridized carbons (Fsp3) is 0.583. The van der Waals surface area contributed by atoms with Gasteiger partial charge in [0.15, 0.2) is 0 Å². The van der Waals surface area contributed by atoms with Gasteiger partial charge in [0.05, 0.1) is 16.5 Å². The molecule has 0 amide bonds. The van der Waals surface area contributed by atoms with Crippen LogP contribution in [-0.4, -0.2) is 38.7 Å². The molecule has 0 unspecified atom stereocenters. The maximum Gasteiger partial charge on any atom is 0.348 e. The lowest BCUT2D eigenvalue weighted by Crippen LogP contribution is -2.41. The molecular formula is C12H18BrNO5S2. The van der Waals surface area contributed by atoms with Crippen LogP contribution in [0, 0.1) is 0 Å². The van der Waals surface area contributed by atoms with Gasteiger partial charge in [-0.25, -0.2) is 17.9 Å². The van der Waals surface area contributed by atoms with E-state index < -0.39 is 21.6 Å². The van der Waals surface area contributed by atoms with Crippen LogP contribution in [0.1, 0.15) is 36.4 Å². The zero-order chi connectivity index (χ0) is 16.3. The van der Waals surface area contributed by atoms with E-state index >= 15 is 0 Å². The third-order valence-electron chi connectivity index (χ3n) is 3.24. The average molecular weight is 400 g/mol. The van der Waals surface area contributed by atoms with E-state index in [0.29, 0.717) is 16.6 Å². The first kappa shape index (κ1) is 18.6. The molecule has 0 saturated heterocycles. The largest absolute Gasteiger partial charge is 0.465 e. The minimum absolute atomic E-state index is 0.0394. The summed E-state index contributed by atoms with van der Waals surface area (Å²) in [5, 5.41) is 10.1. The van der Waals surface area contributed by atoms with E-state index in [4.69, 9.17) is 0 Å². The SMILES string of the molecule is CCC(O)(CC)CNS(=O)(=O)c1cc(C(=O)OC)sc1Br. The summed E-state index contributed by atoms with van der Waals surface area (Å²) < 4.78 is 31.8. The fourth-order valence-corrected chi connectivity index (χ4v) is 5.14. The first-order valence-corrected chi connectivity index (χ1v) is 9.38. The highest BCUT2D eigenvalue weighted by Crippen LogP contribution is 2.32. The number of nitrogens with one attached hydrogen (secondary N) is 1. The lowest BCUT2D eigenvalue weighted by Gasteiger charge is -2.25. The number of thiophene rings is 1. The molecule has 2 N–H and O–H groups in total. The molecule has 9 heteroatoms. The maximum absolute atomic E-state index is 12.3. The molecule has 1 aromatic rings. The van der Waals surface area contributed by atoms with Crippen molar-refractivity contribution in [1.29, 1.82) is 0 Å². The van der Waals surface area contributed by atoms with Gasteiger partial charge in [-0.1, -0.05) is 13.8 Å². The fourth-order valence-electron chi connectivity index (χ4n) is 1.54. The van der Waals surface area contributed by atoms with E-state index in [2.05, 4.69) is 25.4 Å². The molecule has 0 aliphatic heterocycles. The second kappa shape index (κ2) is 7.19. The van der Waals surface area contributed by atoms with Crippen LogP contribution in [0.4, 0.5) is 0 Å². The van der Waals surface area contributed by atoms with Crippen molar-refractivity contribution in [2.24, 2.45) is 0 Å². The normalized spacial score (nSPS) is 12.4. The third kappa shape index (κ3) is 4.49. The second-order valence-corrected chi connectivity index (χ2v) is 8.60. The Hall–Kier alpha value is -0.480. The molecule has 1 rings (SSSR count). The van der Waals surface area contributed by atoms with E-state index in [1.165, 1.54) is 13.2 Å². The lowest BCUT2D eigenvalue weighted by atomic mass is 9.98. The summed E-state index contributed by atoms with van der Waals surface area (Å²) in [6, 6.07) is 1.25. The molecule has 0 radical (unpaired) electrons. The number of carbonyl (C=O) groups excluding carboxylic acids is 1.